The van der Waals surface area contributed by atoms with Gasteiger partial charge in [0.25, 0.3) is 10.2 Å². The third-order valence-electron chi connectivity index (χ3n) is 4.41. The summed E-state index contributed by atoms with van der Waals surface area (Å²) in [5, 5.41) is 0. The molecule has 2 fully saturated rings. The van der Waals surface area contributed by atoms with E-state index in [2.05, 4.69) is 0 Å². The number of nitrogens with zero attached hydrogens (tertiary/aromatic N) is 2. The smallest absolute Gasteiger partial charge is 0.281 e. The number of hydrogen-bond acceptors (Lipinski definition) is 3. The fraction of sp³-hybridized carbons (Fsp3) is 1.00. The monoisotopic (exact) mass is 275 g/mol. The zero-order chi connectivity index (χ0) is 13.3. The molecular formula is C12H25N3O2S. The molecule has 0 amide bonds. The van der Waals surface area contributed by atoms with Crippen LogP contribution in [0.3, 0.4) is 0 Å². The summed E-state index contributed by atoms with van der Waals surface area (Å²) in [5.74, 6) is 0.995. The van der Waals surface area contributed by atoms with Crippen molar-refractivity contribution in [3.8, 4) is 0 Å². The predicted molar refractivity (Wildman–Crippen MR) is 72.2 cm³/mol. The highest BCUT2D eigenvalue weighted by molar-refractivity contribution is 7.86. The van der Waals surface area contributed by atoms with Gasteiger partial charge in [-0.1, -0.05) is 13.8 Å². The molecule has 2 aliphatic rings. The van der Waals surface area contributed by atoms with Gasteiger partial charge in [-0.15, -0.1) is 0 Å². The molecule has 5 nitrogen and oxygen atoms in total. The normalized spacial score (nSPS) is 33.9. The molecule has 0 bridgehead atoms. The van der Waals surface area contributed by atoms with Crippen LogP contribution < -0.4 is 5.73 Å². The molecule has 0 spiro atoms. The van der Waals surface area contributed by atoms with Crippen molar-refractivity contribution in [2.24, 2.45) is 17.6 Å². The second kappa shape index (κ2) is 5.45. The van der Waals surface area contributed by atoms with Crippen molar-refractivity contribution in [1.82, 2.24) is 8.61 Å². The summed E-state index contributed by atoms with van der Waals surface area (Å²) in [4.78, 5) is 0. The van der Waals surface area contributed by atoms with Crippen molar-refractivity contribution < 1.29 is 8.42 Å². The molecule has 1 aliphatic carbocycles. The van der Waals surface area contributed by atoms with Crippen LogP contribution in [0.4, 0.5) is 0 Å². The largest absolute Gasteiger partial charge is 0.328 e. The van der Waals surface area contributed by atoms with E-state index in [1.54, 1.807) is 8.61 Å². The molecule has 1 heterocycles. The molecule has 0 aromatic rings. The lowest BCUT2D eigenvalue weighted by molar-refractivity contribution is 0.271. The molecule has 18 heavy (non-hydrogen) atoms. The lowest BCUT2D eigenvalue weighted by Gasteiger charge is -2.28. The molecule has 2 N–H and O–H groups in total. The van der Waals surface area contributed by atoms with Crippen LogP contribution in [0.25, 0.3) is 0 Å². The van der Waals surface area contributed by atoms with Gasteiger partial charge in [-0.2, -0.15) is 17.0 Å². The van der Waals surface area contributed by atoms with Crippen molar-refractivity contribution in [3.05, 3.63) is 0 Å². The average Bonchev–Trinajstić information content (AvgIpc) is 2.73. The minimum Gasteiger partial charge on any atom is -0.328 e. The molecule has 1 saturated heterocycles. The Kier molecular flexibility index (Phi) is 4.31. The van der Waals surface area contributed by atoms with Gasteiger partial charge in [-0.05, 0) is 31.1 Å². The van der Waals surface area contributed by atoms with Crippen molar-refractivity contribution >= 4 is 10.2 Å². The van der Waals surface area contributed by atoms with E-state index >= 15 is 0 Å². The van der Waals surface area contributed by atoms with E-state index < -0.39 is 10.2 Å². The Labute approximate surface area is 110 Å². The van der Waals surface area contributed by atoms with Crippen molar-refractivity contribution in [3.63, 3.8) is 0 Å². The molecule has 3 atom stereocenters. The molecular weight excluding hydrogens is 250 g/mol. The summed E-state index contributed by atoms with van der Waals surface area (Å²) in [5.41, 5.74) is 5.98. The zero-order valence-electron chi connectivity index (χ0n) is 11.4. The summed E-state index contributed by atoms with van der Waals surface area (Å²) in [6, 6.07) is 0.266. The maximum absolute atomic E-state index is 12.4. The Hall–Kier alpha value is -0.170. The Morgan fingerprint density at radius 1 is 1.17 bits per heavy atom. The third-order valence-corrected chi connectivity index (χ3v) is 6.53. The maximum atomic E-state index is 12.4. The van der Waals surface area contributed by atoms with Crippen LogP contribution in [-0.4, -0.2) is 49.2 Å². The number of nitrogens with two attached hydrogens (primary N) is 1. The molecule has 0 aromatic heterocycles. The van der Waals surface area contributed by atoms with E-state index in [0.717, 1.165) is 19.3 Å². The van der Waals surface area contributed by atoms with E-state index in [9.17, 15) is 8.42 Å². The van der Waals surface area contributed by atoms with Crippen molar-refractivity contribution in [2.45, 2.75) is 39.2 Å². The Morgan fingerprint density at radius 3 is 2.39 bits per heavy atom. The van der Waals surface area contributed by atoms with E-state index in [1.807, 2.05) is 13.8 Å². The Balaban J connectivity index is 2.08. The summed E-state index contributed by atoms with van der Waals surface area (Å²) in [7, 11) is -3.25. The first-order chi connectivity index (χ1) is 8.48. The second-order valence-corrected chi connectivity index (χ2v) is 7.43. The topological polar surface area (TPSA) is 66.6 Å². The van der Waals surface area contributed by atoms with Gasteiger partial charge in [0.2, 0.25) is 0 Å². The van der Waals surface area contributed by atoms with Crippen LogP contribution >= 0.6 is 0 Å². The van der Waals surface area contributed by atoms with E-state index in [0.29, 0.717) is 38.0 Å². The van der Waals surface area contributed by atoms with Gasteiger partial charge in [0.05, 0.1) is 0 Å². The lowest BCUT2D eigenvalue weighted by Crippen LogP contribution is -2.42. The van der Waals surface area contributed by atoms with Crippen LogP contribution in [0.15, 0.2) is 0 Å². The van der Waals surface area contributed by atoms with Gasteiger partial charge in [0.1, 0.15) is 0 Å². The summed E-state index contributed by atoms with van der Waals surface area (Å²) in [6.45, 7) is 6.22. The van der Waals surface area contributed by atoms with Crippen molar-refractivity contribution in [1.29, 1.82) is 0 Å². The Bertz CT molecular complexity index is 381. The average molecular weight is 275 g/mol. The van der Waals surface area contributed by atoms with E-state index in [4.69, 9.17) is 5.73 Å². The number of fused-ring (bicyclic) bond motifs is 1. The lowest BCUT2D eigenvalue weighted by atomic mass is 9.79. The summed E-state index contributed by atoms with van der Waals surface area (Å²) >= 11 is 0. The van der Waals surface area contributed by atoms with Crippen LogP contribution in [0, 0.1) is 11.8 Å². The first kappa shape index (κ1) is 14.2. The molecule has 6 heteroatoms. The first-order valence-corrected chi connectivity index (χ1v) is 8.39. The maximum Gasteiger partial charge on any atom is 0.281 e. The van der Waals surface area contributed by atoms with Crippen LogP contribution in [0.5, 0.6) is 0 Å². The van der Waals surface area contributed by atoms with Crippen LogP contribution in [-0.2, 0) is 10.2 Å². The van der Waals surface area contributed by atoms with Gasteiger partial charge in [-0.25, -0.2) is 0 Å². The van der Waals surface area contributed by atoms with E-state index in [-0.39, 0.29) is 6.04 Å². The number of rotatable bonds is 4. The van der Waals surface area contributed by atoms with Gasteiger partial charge in [0.15, 0.2) is 0 Å². The molecule has 1 aliphatic heterocycles. The fourth-order valence-corrected chi connectivity index (χ4v) is 5.07. The summed E-state index contributed by atoms with van der Waals surface area (Å²) in [6.07, 6.45) is 3.10. The van der Waals surface area contributed by atoms with E-state index in [1.165, 1.54) is 0 Å². The highest BCUT2D eigenvalue weighted by atomic mass is 32.2. The minimum atomic E-state index is -3.25. The van der Waals surface area contributed by atoms with Gasteiger partial charge in [-0.3, -0.25) is 0 Å². The molecule has 2 rings (SSSR count). The zero-order valence-corrected chi connectivity index (χ0v) is 12.2. The molecule has 0 radical (unpaired) electrons. The highest BCUT2D eigenvalue weighted by Crippen LogP contribution is 2.37. The number of hydrogen-bond donors (Lipinski definition) is 1. The third kappa shape index (κ3) is 2.57. The molecule has 0 aromatic carbocycles. The highest BCUT2D eigenvalue weighted by Gasteiger charge is 2.42. The first-order valence-electron chi connectivity index (χ1n) is 6.99. The van der Waals surface area contributed by atoms with Gasteiger partial charge >= 0.3 is 0 Å². The SMILES string of the molecule is CCN(CC)S(=O)(=O)N1C[C@H]2CCC(N)C[C@H]2C1. The fourth-order valence-electron chi connectivity index (χ4n) is 3.33. The van der Waals surface area contributed by atoms with Crippen LogP contribution in [0.1, 0.15) is 33.1 Å². The molecule has 1 unspecified atom stereocenters. The molecule has 106 valence electrons. The quantitative estimate of drug-likeness (QED) is 0.818. The standard InChI is InChI=1S/C12H25N3O2S/c1-3-14(4-2)18(16,17)15-8-10-5-6-12(13)7-11(10)9-15/h10-12H,3-9,13H2,1-2H3/t10-,11+,12?/m1/s1. The van der Waals surface area contributed by atoms with Gasteiger partial charge in [0, 0.05) is 32.2 Å². The predicted octanol–water partition coefficient (Wildman–Crippen LogP) is 0.632. The van der Waals surface area contributed by atoms with Gasteiger partial charge < -0.3 is 5.73 Å². The minimum absolute atomic E-state index is 0.266. The second-order valence-electron chi connectivity index (χ2n) is 5.50. The molecule has 1 saturated carbocycles. The van der Waals surface area contributed by atoms with Crippen LogP contribution in [0.2, 0.25) is 0 Å². The Morgan fingerprint density at radius 2 is 1.78 bits per heavy atom. The van der Waals surface area contributed by atoms with Crippen molar-refractivity contribution in [2.75, 3.05) is 26.2 Å². The summed E-state index contributed by atoms with van der Waals surface area (Å²) < 4.78 is 28.1.